The Hall–Kier alpha value is -1.33. The van der Waals surface area contributed by atoms with E-state index in [1.54, 1.807) is 18.2 Å². The Balaban J connectivity index is 2.44. The van der Waals surface area contributed by atoms with Gasteiger partial charge in [-0.15, -0.1) is 0 Å². The number of aromatic nitrogens is 1. The van der Waals surface area contributed by atoms with Crippen molar-refractivity contribution in [3.05, 3.63) is 63.9 Å². The zero-order valence-electron chi connectivity index (χ0n) is 11.0. The molecule has 106 valence electrons. The van der Waals surface area contributed by atoms with Crippen LogP contribution in [0.5, 0.6) is 0 Å². The molecule has 0 saturated carbocycles. The van der Waals surface area contributed by atoms with Crippen molar-refractivity contribution in [2.24, 2.45) is 0 Å². The second-order valence-corrected chi connectivity index (χ2v) is 5.37. The fourth-order valence-corrected chi connectivity index (χ4v) is 2.36. The highest BCUT2D eigenvalue weighted by Gasteiger charge is 2.20. The lowest BCUT2D eigenvalue weighted by molar-refractivity contribution is 0.518. The van der Waals surface area contributed by atoms with Gasteiger partial charge in [-0.1, -0.05) is 28.9 Å². The fourth-order valence-electron chi connectivity index (χ4n) is 2.03. The summed E-state index contributed by atoms with van der Waals surface area (Å²) in [6.45, 7) is 2.67. The third kappa shape index (κ3) is 3.41. The van der Waals surface area contributed by atoms with E-state index in [9.17, 15) is 8.78 Å². The number of benzene rings is 1. The van der Waals surface area contributed by atoms with Crippen molar-refractivity contribution < 1.29 is 8.78 Å². The Labute approximate surface area is 125 Å². The first-order valence-corrected chi connectivity index (χ1v) is 7.20. The van der Waals surface area contributed by atoms with Gasteiger partial charge >= 0.3 is 0 Å². The van der Waals surface area contributed by atoms with Gasteiger partial charge in [-0.2, -0.15) is 0 Å². The highest BCUT2D eigenvalue weighted by Crippen LogP contribution is 2.27. The van der Waals surface area contributed by atoms with E-state index < -0.39 is 11.9 Å². The monoisotopic (exact) mass is 340 g/mol. The Bertz CT molecular complexity index is 590. The summed E-state index contributed by atoms with van der Waals surface area (Å²) in [5.74, 6) is -0.812. The predicted molar refractivity (Wildman–Crippen MR) is 78.4 cm³/mol. The van der Waals surface area contributed by atoms with Crippen molar-refractivity contribution in [1.82, 2.24) is 10.3 Å². The normalized spacial score (nSPS) is 12.4. The van der Waals surface area contributed by atoms with E-state index in [0.29, 0.717) is 22.1 Å². The van der Waals surface area contributed by atoms with Crippen LogP contribution in [-0.4, -0.2) is 11.5 Å². The van der Waals surface area contributed by atoms with Crippen molar-refractivity contribution >= 4 is 15.9 Å². The first kappa shape index (κ1) is 15.1. The quantitative estimate of drug-likeness (QED) is 0.881. The molecule has 0 fully saturated rings. The lowest BCUT2D eigenvalue weighted by atomic mass is 9.98. The highest BCUT2D eigenvalue weighted by molar-refractivity contribution is 9.10. The molecule has 20 heavy (non-hydrogen) atoms. The molecule has 1 aromatic heterocycles. The molecule has 1 atom stereocenters. The van der Waals surface area contributed by atoms with Gasteiger partial charge in [0, 0.05) is 21.8 Å². The molecule has 2 rings (SSSR count). The number of nitrogens with one attached hydrogen (secondary N) is 1. The van der Waals surface area contributed by atoms with Crippen LogP contribution in [0, 0.1) is 11.6 Å². The molecule has 0 aliphatic carbocycles. The van der Waals surface area contributed by atoms with Gasteiger partial charge in [0.15, 0.2) is 0 Å². The van der Waals surface area contributed by atoms with Gasteiger partial charge in [-0.25, -0.2) is 8.78 Å². The maximum Gasteiger partial charge on any atom is 0.146 e. The molecule has 0 saturated heterocycles. The van der Waals surface area contributed by atoms with Crippen molar-refractivity contribution in [2.75, 3.05) is 6.54 Å². The number of pyridine rings is 1. The molecule has 1 unspecified atom stereocenters. The summed E-state index contributed by atoms with van der Waals surface area (Å²) in [5.41, 5.74) is 0.821. The first-order chi connectivity index (χ1) is 9.63. The zero-order chi connectivity index (χ0) is 14.5. The lowest BCUT2D eigenvalue weighted by Gasteiger charge is -2.20. The summed E-state index contributed by atoms with van der Waals surface area (Å²) in [6, 6.07) is 5.84. The molecule has 0 amide bonds. The van der Waals surface area contributed by atoms with Crippen LogP contribution in [0.2, 0.25) is 0 Å². The van der Waals surface area contributed by atoms with E-state index in [0.717, 1.165) is 12.6 Å². The van der Waals surface area contributed by atoms with E-state index in [4.69, 9.17) is 0 Å². The molecule has 5 heteroatoms. The lowest BCUT2D eigenvalue weighted by Crippen LogP contribution is -2.25. The third-order valence-electron chi connectivity index (χ3n) is 2.99. The largest absolute Gasteiger partial charge is 0.306 e. The number of hydrogen-bond donors (Lipinski definition) is 1. The summed E-state index contributed by atoms with van der Waals surface area (Å²) < 4.78 is 28.7. The summed E-state index contributed by atoms with van der Waals surface area (Å²) in [5, 5.41) is 3.18. The minimum atomic E-state index is -0.522. The smallest absolute Gasteiger partial charge is 0.146 e. The molecule has 2 nitrogen and oxygen atoms in total. The van der Waals surface area contributed by atoms with Crippen LogP contribution in [0.1, 0.15) is 30.5 Å². The molecule has 0 bridgehead atoms. The van der Waals surface area contributed by atoms with Crippen molar-refractivity contribution in [3.63, 3.8) is 0 Å². The van der Waals surface area contributed by atoms with Crippen LogP contribution in [0.3, 0.4) is 0 Å². The van der Waals surface area contributed by atoms with Gasteiger partial charge in [0.2, 0.25) is 0 Å². The highest BCUT2D eigenvalue weighted by atomic mass is 79.9. The molecule has 0 aliphatic heterocycles. The fraction of sp³-hybridized carbons (Fsp3) is 0.267. The summed E-state index contributed by atoms with van der Waals surface area (Å²) in [6.07, 6.45) is 3.53. The molecular formula is C15H15BrF2N2. The molecule has 1 N–H and O–H groups in total. The van der Waals surface area contributed by atoms with Crippen LogP contribution >= 0.6 is 15.9 Å². The molecule has 0 radical (unpaired) electrons. The Kier molecular flexibility index (Phi) is 5.20. The van der Waals surface area contributed by atoms with E-state index in [1.165, 1.54) is 12.3 Å². The van der Waals surface area contributed by atoms with Crippen LogP contribution in [0.25, 0.3) is 0 Å². The average molecular weight is 341 g/mol. The van der Waals surface area contributed by atoms with E-state index in [1.807, 2.05) is 6.92 Å². The van der Waals surface area contributed by atoms with Gasteiger partial charge in [0.05, 0.1) is 12.2 Å². The van der Waals surface area contributed by atoms with Crippen molar-refractivity contribution in [2.45, 2.75) is 19.4 Å². The third-order valence-corrected chi connectivity index (χ3v) is 3.48. The van der Waals surface area contributed by atoms with Crippen LogP contribution in [-0.2, 0) is 0 Å². The maximum absolute atomic E-state index is 14.1. The molecule has 2 aromatic rings. The second-order valence-electron chi connectivity index (χ2n) is 4.45. The van der Waals surface area contributed by atoms with Crippen LogP contribution in [0.15, 0.2) is 41.1 Å². The molecule has 0 aliphatic rings. The van der Waals surface area contributed by atoms with Gasteiger partial charge in [0.25, 0.3) is 0 Å². The molecule has 1 aromatic carbocycles. The number of nitrogens with zero attached hydrogens (tertiary/aromatic N) is 1. The zero-order valence-corrected chi connectivity index (χ0v) is 12.6. The topological polar surface area (TPSA) is 24.9 Å². The van der Waals surface area contributed by atoms with Crippen molar-refractivity contribution in [3.8, 4) is 0 Å². The SMILES string of the molecule is CCCNC(c1ccncc1F)c1ccc(Br)cc1F. The average Bonchev–Trinajstić information content (AvgIpc) is 2.42. The Morgan fingerprint density at radius 2 is 1.95 bits per heavy atom. The van der Waals surface area contributed by atoms with E-state index >= 15 is 0 Å². The molecule has 0 spiro atoms. The Morgan fingerprint density at radius 1 is 1.20 bits per heavy atom. The van der Waals surface area contributed by atoms with E-state index in [-0.39, 0.29) is 5.82 Å². The summed E-state index contributed by atoms with van der Waals surface area (Å²) in [4.78, 5) is 3.73. The van der Waals surface area contributed by atoms with Crippen molar-refractivity contribution in [1.29, 1.82) is 0 Å². The van der Waals surface area contributed by atoms with Gasteiger partial charge in [0.1, 0.15) is 11.6 Å². The summed E-state index contributed by atoms with van der Waals surface area (Å²) in [7, 11) is 0. The maximum atomic E-state index is 14.1. The van der Waals surface area contributed by atoms with Crippen LogP contribution in [0.4, 0.5) is 8.78 Å². The second kappa shape index (κ2) is 6.90. The van der Waals surface area contributed by atoms with Gasteiger partial charge in [-0.3, -0.25) is 4.98 Å². The standard InChI is InChI=1S/C15H15BrF2N2/c1-2-6-20-15(12-5-7-19-9-14(12)18)11-4-3-10(16)8-13(11)17/h3-5,7-9,15,20H,2,6H2,1H3. The minimum absolute atomic E-state index is 0.371. The molecular weight excluding hydrogens is 326 g/mol. The minimum Gasteiger partial charge on any atom is -0.306 e. The Morgan fingerprint density at radius 3 is 2.60 bits per heavy atom. The number of halogens is 3. The van der Waals surface area contributed by atoms with E-state index in [2.05, 4.69) is 26.2 Å². The van der Waals surface area contributed by atoms with Crippen LogP contribution < -0.4 is 5.32 Å². The predicted octanol–water partition coefficient (Wildman–Crippen LogP) is 4.21. The van der Waals surface area contributed by atoms with Gasteiger partial charge in [-0.05, 0) is 31.2 Å². The summed E-state index contributed by atoms with van der Waals surface area (Å²) >= 11 is 3.22. The number of rotatable bonds is 5. The number of hydrogen-bond acceptors (Lipinski definition) is 2. The molecule has 1 heterocycles. The van der Waals surface area contributed by atoms with Gasteiger partial charge < -0.3 is 5.32 Å². The first-order valence-electron chi connectivity index (χ1n) is 6.41.